The number of hydrogen-bond donors (Lipinski definition) is 0. The van der Waals surface area contributed by atoms with Crippen LogP contribution in [0.1, 0.15) is 16.2 Å². The van der Waals surface area contributed by atoms with E-state index in [0.717, 1.165) is 5.56 Å². The smallest absolute Gasteiger partial charge is 0.339 e. The number of benzene rings is 1. The molecule has 0 N–H and O–H groups in total. The minimum Gasteiger partial charge on any atom is -0.452 e. The first-order valence-electron chi connectivity index (χ1n) is 5.90. The Hall–Kier alpha value is -2.47. The zero-order valence-electron chi connectivity index (χ0n) is 10.4. The first kappa shape index (κ1) is 12.6. The van der Waals surface area contributed by atoms with Crippen LogP contribution in [0.25, 0.3) is 11.4 Å². The van der Waals surface area contributed by atoms with Crippen molar-refractivity contribution >= 4 is 17.3 Å². The van der Waals surface area contributed by atoms with Gasteiger partial charge in [-0.3, -0.25) is 0 Å². The van der Waals surface area contributed by atoms with E-state index in [2.05, 4.69) is 10.1 Å². The highest BCUT2D eigenvalue weighted by Crippen LogP contribution is 2.15. The minimum absolute atomic E-state index is 0.0332. The Morgan fingerprint density at radius 3 is 2.85 bits per heavy atom. The molecule has 0 amide bonds. The molecule has 0 unspecified atom stereocenters. The second kappa shape index (κ2) is 5.66. The molecule has 3 aromatic rings. The summed E-state index contributed by atoms with van der Waals surface area (Å²) in [4.78, 5) is 15.8. The summed E-state index contributed by atoms with van der Waals surface area (Å²) in [6, 6.07) is 11.2. The van der Waals surface area contributed by atoms with Gasteiger partial charge in [0, 0.05) is 10.9 Å². The topological polar surface area (TPSA) is 65.2 Å². The molecule has 3 rings (SSSR count). The summed E-state index contributed by atoms with van der Waals surface area (Å²) >= 11 is 1.44. The third kappa shape index (κ3) is 2.75. The second-order valence-electron chi connectivity index (χ2n) is 3.97. The summed E-state index contributed by atoms with van der Waals surface area (Å²) in [6.45, 7) is -0.0332. The molecule has 0 aliphatic carbocycles. The van der Waals surface area contributed by atoms with E-state index in [1.54, 1.807) is 11.4 Å². The van der Waals surface area contributed by atoms with E-state index in [-0.39, 0.29) is 12.5 Å². The summed E-state index contributed by atoms with van der Waals surface area (Å²) in [5.41, 5.74) is 1.38. The molecule has 0 fully saturated rings. The molecule has 6 heteroatoms. The molecule has 0 aliphatic rings. The van der Waals surface area contributed by atoms with Crippen molar-refractivity contribution in [3.05, 3.63) is 58.6 Å². The summed E-state index contributed by atoms with van der Waals surface area (Å²) < 4.78 is 10.1. The first-order chi connectivity index (χ1) is 9.83. The summed E-state index contributed by atoms with van der Waals surface area (Å²) in [5, 5.41) is 7.40. The summed E-state index contributed by atoms with van der Waals surface area (Å²) in [6.07, 6.45) is 0. The van der Waals surface area contributed by atoms with E-state index >= 15 is 0 Å². The van der Waals surface area contributed by atoms with Crippen molar-refractivity contribution in [1.29, 1.82) is 0 Å². The number of nitrogens with zero attached hydrogens (tertiary/aromatic N) is 2. The van der Waals surface area contributed by atoms with E-state index in [0.29, 0.717) is 11.4 Å². The monoisotopic (exact) mass is 286 g/mol. The molecule has 0 saturated carbocycles. The molecule has 0 saturated heterocycles. The van der Waals surface area contributed by atoms with Crippen LogP contribution in [0.5, 0.6) is 0 Å². The van der Waals surface area contributed by atoms with Gasteiger partial charge in [-0.1, -0.05) is 35.5 Å². The van der Waals surface area contributed by atoms with E-state index < -0.39 is 5.97 Å². The first-order valence-corrected chi connectivity index (χ1v) is 6.84. The van der Waals surface area contributed by atoms with Crippen LogP contribution in [0.4, 0.5) is 0 Å². The second-order valence-corrected chi connectivity index (χ2v) is 4.75. The van der Waals surface area contributed by atoms with Gasteiger partial charge in [0.2, 0.25) is 5.82 Å². The molecule has 5 nitrogen and oxygen atoms in total. The quantitative estimate of drug-likeness (QED) is 0.689. The lowest BCUT2D eigenvalue weighted by Crippen LogP contribution is -2.03. The number of hydrogen-bond acceptors (Lipinski definition) is 6. The maximum atomic E-state index is 11.7. The lowest BCUT2D eigenvalue weighted by molar-refractivity contribution is 0.0430. The number of ether oxygens (including phenoxy) is 1. The lowest BCUT2D eigenvalue weighted by Gasteiger charge is -1.98. The molecule has 20 heavy (non-hydrogen) atoms. The Balaban J connectivity index is 1.65. The van der Waals surface area contributed by atoms with Crippen LogP contribution in [0.15, 0.2) is 51.7 Å². The number of carbonyl (C=O) groups is 1. The van der Waals surface area contributed by atoms with Crippen LogP contribution >= 0.6 is 11.3 Å². The molecule has 0 radical (unpaired) electrons. The number of thiophene rings is 1. The molecule has 100 valence electrons. The Morgan fingerprint density at radius 2 is 2.10 bits per heavy atom. The van der Waals surface area contributed by atoms with Gasteiger partial charge in [-0.05, 0) is 11.4 Å². The molecular weight excluding hydrogens is 276 g/mol. The fourth-order valence-corrected chi connectivity index (χ4v) is 2.23. The minimum atomic E-state index is -0.397. The highest BCUT2D eigenvalue weighted by molar-refractivity contribution is 7.08. The Bertz CT molecular complexity index is 692. The Labute approximate surface area is 118 Å². The van der Waals surface area contributed by atoms with Crippen LogP contribution < -0.4 is 0 Å². The fraction of sp³-hybridized carbons (Fsp3) is 0.0714. The average molecular weight is 286 g/mol. The molecule has 0 spiro atoms. The Morgan fingerprint density at radius 1 is 1.25 bits per heavy atom. The predicted octanol–water partition coefficient (Wildman–Crippen LogP) is 3.16. The van der Waals surface area contributed by atoms with Gasteiger partial charge in [0.15, 0.2) is 6.61 Å². The van der Waals surface area contributed by atoms with Gasteiger partial charge < -0.3 is 9.26 Å². The average Bonchev–Trinajstić information content (AvgIpc) is 3.17. The van der Waals surface area contributed by atoms with Crippen molar-refractivity contribution in [2.24, 2.45) is 0 Å². The Kier molecular flexibility index (Phi) is 3.56. The third-order valence-corrected chi connectivity index (χ3v) is 3.27. The lowest BCUT2D eigenvalue weighted by atomic mass is 10.2. The van der Waals surface area contributed by atoms with Crippen molar-refractivity contribution in [3.8, 4) is 11.4 Å². The van der Waals surface area contributed by atoms with Gasteiger partial charge in [-0.2, -0.15) is 16.3 Å². The number of esters is 1. The molecule has 1 aromatic carbocycles. The van der Waals surface area contributed by atoms with Crippen molar-refractivity contribution in [2.45, 2.75) is 6.61 Å². The van der Waals surface area contributed by atoms with Gasteiger partial charge >= 0.3 is 5.97 Å². The van der Waals surface area contributed by atoms with Crippen molar-refractivity contribution in [1.82, 2.24) is 10.1 Å². The third-order valence-electron chi connectivity index (χ3n) is 2.58. The van der Waals surface area contributed by atoms with Crippen LogP contribution in [0.2, 0.25) is 0 Å². The zero-order valence-corrected chi connectivity index (χ0v) is 11.2. The van der Waals surface area contributed by atoms with Gasteiger partial charge in [-0.25, -0.2) is 4.79 Å². The highest BCUT2D eigenvalue weighted by Gasteiger charge is 2.12. The van der Waals surface area contributed by atoms with Crippen LogP contribution in [-0.4, -0.2) is 16.1 Å². The highest BCUT2D eigenvalue weighted by atomic mass is 32.1. The van der Waals surface area contributed by atoms with E-state index in [4.69, 9.17) is 9.26 Å². The molecule has 0 aliphatic heterocycles. The number of aromatic nitrogens is 2. The van der Waals surface area contributed by atoms with Crippen LogP contribution in [0, 0.1) is 0 Å². The van der Waals surface area contributed by atoms with E-state index in [1.807, 2.05) is 35.7 Å². The normalized spacial score (nSPS) is 10.4. The fourth-order valence-electron chi connectivity index (χ4n) is 1.61. The number of rotatable bonds is 4. The molecule has 0 atom stereocenters. The van der Waals surface area contributed by atoms with Gasteiger partial charge in [0.25, 0.3) is 5.89 Å². The maximum Gasteiger partial charge on any atom is 0.339 e. The molecule has 2 heterocycles. The summed E-state index contributed by atoms with van der Waals surface area (Å²) in [5.74, 6) is 0.352. The van der Waals surface area contributed by atoms with Crippen molar-refractivity contribution in [3.63, 3.8) is 0 Å². The zero-order chi connectivity index (χ0) is 13.8. The van der Waals surface area contributed by atoms with Crippen LogP contribution in [-0.2, 0) is 11.3 Å². The summed E-state index contributed by atoms with van der Waals surface area (Å²) in [7, 11) is 0. The van der Waals surface area contributed by atoms with E-state index in [1.165, 1.54) is 11.3 Å². The predicted molar refractivity (Wildman–Crippen MR) is 73.2 cm³/mol. The van der Waals surface area contributed by atoms with Crippen molar-refractivity contribution < 1.29 is 14.1 Å². The molecule has 0 bridgehead atoms. The standard InChI is InChI=1S/C14H10N2O3S/c17-14(11-6-7-20-9-11)18-8-12-15-13(16-19-12)10-4-2-1-3-5-10/h1-7,9H,8H2. The maximum absolute atomic E-state index is 11.7. The van der Waals surface area contributed by atoms with Crippen LogP contribution in [0.3, 0.4) is 0 Å². The van der Waals surface area contributed by atoms with Gasteiger partial charge in [0.05, 0.1) is 5.56 Å². The molecular formula is C14H10N2O3S. The van der Waals surface area contributed by atoms with Crippen molar-refractivity contribution in [2.75, 3.05) is 0 Å². The van der Waals surface area contributed by atoms with Gasteiger partial charge in [-0.15, -0.1) is 0 Å². The number of carbonyl (C=O) groups excluding carboxylic acids is 1. The molecule has 2 aromatic heterocycles. The SMILES string of the molecule is O=C(OCc1nc(-c2ccccc2)no1)c1ccsc1. The van der Waals surface area contributed by atoms with Gasteiger partial charge in [0.1, 0.15) is 0 Å². The largest absolute Gasteiger partial charge is 0.452 e. The van der Waals surface area contributed by atoms with E-state index in [9.17, 15) is 4.79 Å².